The first-order valence-electron chi connectivity index (χ1n) is 15.8. The first-order valence-corrected chi connectivity index (χ1v) is 17.7. The van der Waals surface area contributed by atoms with Gasteiger partial charge in [0.25, 0.3) is 5.95 Å². The monoisotopic (exact) mass is 732 g/mol. The van der Waals surface area contributed by atoms with E-state index >= 15 is 0 Å². The number of ether oxygens (including phenoxy) is 3. The lowest BCUT2D eigenvalue weighted by Gasteiger charge is -2.25. The van der Waals surface area contributed by atoms with Crippen molar-refractivity contribution in [1.29, 1.82) is 0 Å². The zero-order chi connectivity index (χ0) is 37.8. The van der Waals surface area contributed by atoms with Crippen LogP contribution in [0.3, 0.4) is 0 Å². The molecular weight excluding hydrogens is 695 g/mol. The van der Waals surface area contributed by atoms with E-state index in [4.69, 9.17) is 19.9 Å². The Morgan fingerprint density at radius 1 is 0.962 bits per heavy atom. The van der Waals surface area contributed by atoms with Gasteiger partial charge in [-0.15, -0.1) is 5.10 Å². The maximum Gasteiger partial charge on any atom is 0.424 e. The third kappa shape index (κ3) is 8.88. The third-order valence-corrected chi connectivity index (χ3v) is 8.98. The summed E-state index contributed by atoms with van der Waals surface area (Å²) >= 11 is 0. The number of methoxy groups -OCH3 is 1. The smallest absolute Gasteiger partial charge is 0.424 e. The number of carbonyl (C=O) groups is 3. The molecule has 0 aliphatic heterocycles. The van der Waals surface area contributed by atoms with Crippen molar-refractivity contribution >= 4 is 50.8 Å². The van der Waals surface area contributed by atoms with E-state index in [-0.39, 0.29) is 40.4 Å². The number of hydrogen-bond donors (Lipinski definition) is 2. The molecule has 272 valence electrons. The standard InChI is InChI=1S/C36H37FN6O8S/c1-36(2,3)32(38)33(45)50-21-51-35(46)43(28-16-15-27(52(5,47)48)19-29(28)49-4)34-40-30-17-10-24(20-42(30)41-34)23-8-13-26(14-9-23)39-31(44)18-22-6-11-25(37)12-7-22/h6-17,19-20,32H,18,21,38H2,1-5H3,(H,39,44). The van der Waals surface area contributed by atoms with E-state index in [1.807, 2.05) is 0 Å². The number of nitrogens with two attached hydrogens (primary N) is 1. The first kappa shape index (κ1) is 37.4. The first-order chi connectivity index (χ1) is 24.5. The number of hydrogen-bond acceptors (Lipinski definition) is 11. The second-order valence-corrected chi connectivity index (χ2v) is 14.9. The van der Waals surface area contributed by atoms with Crippen molar-refractivity contribution in [1.82, 2.24) is 14.6 Å². The molecule has 1 atom stereocenters. The molecular formula is C36H37FN6O8S. The quantitative estimate of drug-likeness (QED) is 0.133. The maximum absolute atomic E-state index is 13.6. The van der Waals surface area contributed by atoms with Crippen molar-refractivity contribution in [2.45, 2.75) is 38.1 Å². The van der Waals surface area contributed by atoms with E-state index in [1.54, 1.807) is 75.5 Å². The second-order valence-electron chi connectivity index (χ2n) is 12.8. The molecule has 16 heteroatoms. The molecule has 0 saturated heterocycles. The van der Waals surface area contributed by atoms with Gasteiger partial charge in [0, 0.05) is 29.8 Å². The van der Waals surface area contributed by atoms with E-state index in [0.717, 1.165) is 22.3 Å². The summed E-state index contributed by atoms with van der Waals surface area (Å²) in [6.45, 7) is 4.50. The minimum Gasteiger partial charge on any atom is -0.495 e. The maximum atomic E-state index is 13.6. The van der Waals surface area contributed by atoms with E-state index < -0.39 is 40.1 Å². The molecule has 5 aromatic rings. The van der Waals surface area contributed by atoms with Gasteiger partial charge in [-0.3, -0.25) is 9.59 Å². The fourth-order valence-corrected chi connectivity index (χ4v) is 5.52. The van der Waals surface area contributed by atoms with Gasteiger partial charge in [0.15, 0.2) is 15.5 Å². The average molecular weight is 733 g/mol. The Morgan fingerprint density at radius 2 is 1.63 bits per heavy atom. The Hall–Kier alpha value is -5.87. The summed E-state index contributed by atoms with van der Waals surface area (Å²) in [5.41, 5.74) is 8.48. The van der Waals surface area contributed by atoms with Gasteiger partial charge in [-0.2, -0.15) is 4.98 Å². The molecule has 2 amide bonds. The summed E-state index contributed by atoms with van der Waals surface area (Å²) in [4.78, 5) is 43.9. The molecule has 2 heterocycles. The average Bonchev–Trinajstić information content (AvgIpc) is 3.51. The predicted octanol–water partition coefficient (Wildman–Crippen LogP) is 5.28. The Labute approximate surface area is 299 Å². The summed E-state index contributed by atoms with van der Waals surface area (Å²) in [6, 6.07) is 19.1. The third-order valence-electron chi connectivity index (χ3n) is 7.87. The second kappa shape index (κ2) is 15.2. The summed E-state index contributed by atoms with van der Waals surface area (Å²) in [5.74, 6) is -1.58. The van der Waals surface area contributed by atoms with Crippen LogP contribution in [-0.4, -0.2) is 67.2 Å². The number of pyridine rings is 1. The number of anilines is 3. The Kier molecular flexibility index (Phi) is 10.9. The van der Waals surface area contributed by atoms with Crippen LogP contribution in [0.2, 0.25) is 0 Å². The van der Waals surface area contributed by atoms with Crippen LogP contribution in [0.5, 0.6) is 5.75 Å². The van der Waals surface area contributed by atoms with Crippen LogP contribution in [0, 0.1) is 11.2 Å². The number of fused-ring (bicyclic) bond motifs is 1. The Bertz CT molecular complexity index is 2220. The highest BCUT2D eigenvalue weighted by atomic mass is 32.2. The van der Waals surface area contributed by atoms with Crippen molar-refractivity contribution in [3.63, 3.8) is 0 Å². The number of sulfone groups is 1. The number of amides is 2. The number of halogens is 1. The molecule has 0 spiro atoms. The van der Waals surface area contributed by atoms with E-state index in [0.29, 0.717) is 16.9 Å². The predicted molar refractivity (Wildman–Crippen MR) is 190 cm³/mol. The number of nitrogens with zero attached hydrogens (tertiary/aromatic N) is 4. The lowest BCUT2D eigenvalue weighted by molar-refractivity contribution is -0.155. The lowest BCUT2D eigenvalue weighted by Crippen LogP contribution is -2.43. The molecule has 3 aromatic carbocycles. The molecule has 0 saturated carbocycles. The minimum atomic E-state index is -3.63. The summed E-state index contributed by atoms with van der Waals surface area (Å²) < 4.78 is 55.0. The van der Waals surface area contributed by atoms with Crippen LogP contribution in [0.15, 0.2) is 90.0 Å². The van der Waals surface area contributed by atoms with Crippen molar-refractivity contribution in [2.75, 3.05) is 30.4 Å². The number of aromatic nitrogens is 3. The van der Waals surface area contributed by atoms with Gasteiger partial charge < -0.3 is 25.3 Å². The van der Waals surface area contributed by atoms with Gasteiger partial charge in [-0.25, -0.2) is 27.0 Å². The van der Waals surface area contributed by atoms with E-state index in [2.05, 4.69) is 15.4 Å². The molecule has 2 aromatic heterocycles. The van der Waals surface area contributed by atoms with Gasteiger partial charge in [0.1, 0.15) is 17.6 Å². The normalized spacial score (nSPS) is 12.2. The van der Waals surface area contributed by atoms with Gasteiger partial charge >= 0.3 is 12.1 Å². The fourth-order valence-electron chi connectivity index (χ4n) is 4.88. The van der Waals surface area contributed by atoms with Crippen LogP contribution < -0.4 is 20.7 Å². The lowest BCUT2D eigenvalue weighted by atomic mass is 9.87. The number of esters is 1. The van der Waals surface area contributed by atoms with E-state index in [9.17, 15) is 27.2 Å². The highest BCUT2D eigenvalue weighted by Crippen LogP contribution is 2.35. The minimum absolute atomic E-state index is 0.00369. The van der Waals surface area contributed by atoms with Crippen molar-refractivity contribution in [2.24, 2.45) is 11.1 Å². The summed E-state index contributed by atoms with van der Waals surface area (Å²) in [5, 5.41) is 7.32. The zero-order valence-electron chi connectivity index (χ0n) is 29.0. The molecule has 0 radical (unpaired) electrons. The molecule has 3 N–H and O–H groups in total. The van der Waals surface area contributed by atoms with Gasteiger partial charge in [0.05, 0.1) is 24.1 Å². The highest BCUT2D eigenvalue weighted by molar-refractivity contribution is 7.90. The zero-order valence-corrected chi connectivity index (χ0v) is 29.8. The van der Waals surface area contributed by atoms with Crippen LogP contribution in [0.1, 0.15) is 26.3 Å². The highest BCUT2D eigenvalue weighted by Gasteiger charge is 2.31. The van der Waals surface area contributed by atoms with Gasteiger partial charge in [0.2, 0.25) is 12.7 Å². The summed E-state index contributed by atoms with van der Waals surface area (Å²) in [6.07, 6.45) is 1.74. The van der Waals surface area contributed by atoms with Gasteiger partial charge in [-0.05, 0) is 65.1 Å². The SMILES string of the molecule is COc1cc(S(C)(=O)=O)ccc1N(C(=O)OCOC(=O)C(N)C(C)(C)C)c1nc2ccc(-c3ccc(NC(=O)Cc4ccc(F)cc4)cc3)cn2n1. The van der Waals surface area contributed by atoms with Crippen molar-refractivity contribution in [3.8, 4) is 16.9 Å². The molecule has 0 fully saturated rings. The fraction of sp³-hybridized carbons (Fsp3) is 0.250. The number of nitrogens with one attached hydrogen (secondary N) is 1. The number of carbonyl (C=O) groups excluding carboxylic acids is 3. The molecule has 0 bridgehead atoms. The molecule has 0 aliphatic carbocycles. The Balaban J connectivity index is 1.40. The molecule has 52 heavy (non-hydrogen) atoms. The molecule has 0 aliphatic rings. The number of rotatable bonds is 11. The topological polar surface area (TPSA) is 185 Å². The van der Waals surface area contributed by atoms with Crippen LogP contribution >= 0.6 is 0 Å². The molecule has 1 unspecified atom stereocenters. The van der Waals surface area contributed by atoms with Gasteiger partial charge in [-0.1, -0.05) is 45.0 Å². The van der Waals surface area contributed by atoms with Crippen LogP contribution in [0.4, 0.5) is 26.5 Å². The largest absolute Gasteiger partial charge is 0.495 e. The van der Waals surface area contributed by atoms with E-state index in [1.165, 1.54) is 42.0 Å². The van der Waals surface area contributed by atoms with Crippen molar-refractivity contribution in [3.05, 3.63) is 96.4 Å². The van der Waals surface area contributed by atoms with Crippen LogP contribution in [0.25, 0.3) is 16.8 Å². The Morgan fingerprint density at radius 3 is 2.27 bits per heavy atom. The molecule has 14 nitrogen and oxygen atoms in total. The summed E-state index contributed by atoms with van der Waals surface area (Å²) in [7, 11) is -2.33. The van der Waals surface area contributed by atoms with Crippen molar-refractivity contribution < 1.29 is 41.4 Å². The van der Waals surface area contributed by atoms with Crippen LogP contribution in [-0.2, 0) is 35.3 Å². The number of benzene rings is 3. The molecule has 5 rings (SSSR count).